The summed E-state index contributed by atoms with van der Waals surface area (Å²) in [5.41, 5.74) is 22.3. The summed E-state index contributed by atoms with van der Waals surface area (Å²) < 4.78 is 4.87. The Hall–Kier alpha value is -6.78. The van der Waals surface area contributed by atoms with Crippen LogP contribution in [-0.2, 0) is 12.8 Å². The summed E-state index contributed by atoms with van der Waals surface area (Å²) in [7, 11) is 0. The van der Waals surface area contributed by atoms with Crippen molar-refractivity contribution in [1.82, 2.24) is 19.1 Å². The van der Waals surface area contributed by atoms with Gasteiger partial charge in [-0.2, -0.15) is 0 Å². The van der Waals surface area contributed by atoms with Crippen LogP contribution in [0, 0.1) is 27.7 Å². The summed E-state index contributed by atoms with van der Waals surface area (Å²) in [5, 5.41) is 5.10. The van der Waals surface area contributed by atoms with Crippen LogP contribution in [0.3, 0.4) is 0 Å². The number of aromatic nitrogens is 4. The first-order chi connectivity index (χ1) is 27.4. The van der Waals surface area contributed by atoms with E-state index < -0.39 is 0 Å². The van der Waals surface area contributed by atoms with Gasteiger partial charge in [-0.05, 0) is 157 Å². The quantitative estimate of drug-likeness (QED) is 0.181. The Kier molecular flexibility index (Phi) is 7.21. The molecule has 10 aromatic rings. The standard InChI is InChI=1S/C52H40N4/c1-31-7-5-9-35(21-31)37-13-15-47-43(23-37)45-25-39-11-12-40-26-46-44-24-38(36-10-6-8-32(2)22-36)14-16-48(44)56(52-30-54-20-18-34(52)4)50(46)28-42(40)41(39)27-49(45)55(47)51-29-53-19-17-33(51)3/h5-10,13-30H,11-12H2,1-4H3. The van der Waals surface area contributed by atoms with Gasteiger partial charge in [-0.25, -0.2) is 0 Å². The number of fused-ring (bicyclic) bond motifs is 9. The highest BCUT2D eigenvalue weighted by molar-refractivity contribution is 6.14. The first-order valence-corrected chi connectivity index (χ1v) is 19.6. The van der Waals surface area contributed by atoms with Crippen molar-refractivity contribution in [2.45, 2.75) is 40.5 Å². The fraction of sp³-hybridized carbons (Fsp3) is 0.115. The van der Waals surface area contributed by atoms with Crippen LogP contribution in [0.4, 0.5) is 0 Å². The van der Waals surface area contributed by atoms with Crippen molar-refractivity contribution in [2.24, 2.45) is 0 Å². The Labute approximate surface area is 326 Å². The number of hydrogen-bond acceptors (Lipinski definition) is 2. The molecule has 4 heteroatoms. The predicted molar refractivity (Wildman–Crippen MR) is 233 cm³/mol. The summed E-state index contributed by atoms with van der Waals surface area (Å²) >= 11 is 0. The van der Waals surface area contributed by atoms with E-state index in [9.17, 15) is 0 Å². The molecule has 268 valence electrons. The van der Waals surface area contributed by atoms with Gasteiger partial charge in [0, 0.05) is 33.9 Å². The highest BCUT2D eigenvalue weighted by Gasteiger charge is 2.25. The Balaban J connectivity index is 1.18. The fourth-order valence-electron chi connectivity index (χ4n) is 9.31. The van der Waals surface area contributed by atoms with Gasteiger partial charge in [-0.3, -0.25) is 9.97 Å². The molecular formula is C52H40N4. The molecule has 0 bridgehead atoms. The third-order valence-electron chi connectivity index (χ3n) is 12.1. The van der Waals surface area contributed by atoms with Crippen LogP contribution in [0.5, 0.6) is 0 Å². The van der Waals surface area contributed by atoms with Crippen molar-refractivity contribution in [1.29, 1.82) is 0 Å². The fourth-order valence-corrected chi connectivity index (χ4v) is 9.31. The van der Waals surface area contributed by atoms with Gasteiger partial charge < -0.3 is 9.13 Å². The van der Waals surface area contributed by atoms with E-state index in [1.54, 1.807) is 0 Å². The van der Waals surface area contributed by atoms with Crippen molar-refractivity contribution in [3.8, 4) is 44.8 Å². The molecule has 0 unspecified atom stereocenters. The van der Waals surface area contributed by atoms with Crippen LogP contribution in [0.25, 0.3) is 88.4 Å². The minimum absolute atomic E-state index is 0.995. The first-order valence-electron chi connectivity index (χ1n) is 19.6. The molecule has 56 heavy (non-hydrogen) atoms. The molecule has 0 saturated carbocycles. The smallest absolute Gasteiger partial charge is 0.0674 e. The summed E-state index contributed by atoms with van der Waals surface area (Å²) in [6, 6.07) is 45.7. The van der Waals surface area contributed by atoms with Crippen LogP contribution >= 0.6 is 0 Å². The average molecular weight is 721 g/mol. The van der Waals surface area contributed by atoms with E-state index in [1.807, 2.05) is 24.8 Å². The van der Waals surface area contributed by atoms with Gasteiger partial charge in [0.05, 0.1) is 45.8 Å². The van der Waals surface area contributed by atoms with E-state index in [0.29, 0.717) is 0 Å². The number of benzene rings is 6. The molecule has 0 aliphatic heterocycles. The molecule has 0 fully saturated rings. The van der Waals surface area contributed by atoms with E-state index in [1.165, 1.54) is 110 Å². The first kappa shape index (κ1) is 32.6. The van der Waals surface area contributed by atoms with Crippen molar-refractivity contribution in [3.05, 3.63) is 179 Å². The molecule has 4 nitrogen and oxygen atoms in total. The van der Waals surface area contributed by atoms with Crippen LogP contribution in [0.1, 0.15) is 33.4 Å². The SMILES string of the molecule is Cc1cccc(-c2ccc3c(c2)c2cc4c(cc2n3-c2cnccc2C)-c2cc3c(cc2CC4)c2cc(-c4cccc(C)c4)ccc2n3-c2cnccc2C)c1. The molecule has 4 aromatic heterocycles. The maximum Gasteiger partial charge on any atom is 0.0674 e. The van der Waals surface area contributed by atoms with E-state index >= 15 is 0 Å². The normalized spacial score (nSPS) is 12.5. The Morgan fingerprint density at radius 2 is 0.839 bits per heavy atom. The molecule has 0 atom stereocenters. The molecule has 0 radical (unpaired) electrons. The zero-order chi connectivity index (χ0) is 37.7. The molecule has 6 aromatic carbocycles. The van der Waals surface area contributed by atoms with Gasteiger partial charge >= 0.3 is 0 Å². The number of rotatable bonds is 4. The zero-order valence-electron chi connectivity index (χ0n) is 32.1. The molecule has 0 amide bonds. The number of nitrogens with zero attached hydrogens (tertiary/aromatic N) is 4. The molecular weight excluding hydrogens is 681 g/mol. The number of hydrogen-bond donors (Lipinski definition) is 0. The van der Waals surface area contributed by atoms with Gasteiger partial charge in [-0.15, -0.1) is 0 Å². The van der Waals surface area contributed by atoms with E-state index in [-0.39, 0.29) is 0 Å². The van der Waals surface area contributed by atoms with Gasteiger partial charge in [0.15, 0.2) is 0 Å². The molecule has 0 spiro atoms. The summed E-state index contributed by atoms with van der Waals surface area (Å²) in [5.74, 6) is 0. The van der Waals surface area contributed by atoms with E-state index in [2.05, 4.69) is 168 Å². The van der Waals surface area contributed by atoms with Crippen LogP contribution in [0.2, 0.25) is 0 Å². The minimum atomic E-state index is 0.995. The lowest BCUT2D eigenvalue weighted by Gasteiger charge is -2.22. The van der Waals surface area contributed by atoms with Crippen LogP contribution < -0.4 is 0 Å². The second-order valence-corrected chi connectivity index (χ2v) is 15.8. The molecule has 1 aliphatic carbocycles. The third kappa shape index (κ3) is 4.99. The van der Waals surface area contributed by atoms with Gasteiger partial charge in [0.25, 0.3) is 0 Å². The van der Waals surface area contributed by atoms with E-state index in [0.717, 1.165) is 24.2 Å². The summed E-state index contributed by atoms with van der Waals surface area (Å²) in [6.07, 6.45) is 9.79. The largest absolute Gasteiger partial charge is 0.307 e. The van der Waals surface area contributed by atoms with Crippen molar-refractivity contribution in [3.63, 3.8) is 0 Å². The Bertz CT molecular complexity index is 3030. The minimum Gasteiger partial charge on any atom is -0.307 e. The average Bonchev–Trinajstić information content (AvgIpc) is 3.70. The summed E-state index contributed by atoms with van der Waals surface area (Å²) in [6.45, 7) is 8.70. The van der Waals surface area contributed by atoms with Crippen molar-refractivity contribution in [2.75, 3.05) is 0 Å². The molecule has 4 heterocycles. The zero-order valence-corrected chi connectivity index (χ0v) is 32.1. The number of pyridine rings is 2. The highest BCUT2D eigenvalue weighted by Crippen LogP contribution is 2.45. The van der Waals surface area contributed by atoms with Crippen molar-refractivity contribution >= 4 is 43.6 Å². The Morgan fingerprint density at radius 1 is 0.411 bits per heavy atom. The molecule has 0 N–H and O–H groups in total. The maximum absolute atomic E-state index is 4.61. The third-order valence-corrected chi connectivity index (χ3v) is 12.1. The molecule has 11 rings (SSSR count). The number of aryl methyl sites for hydroxylation is 6. The van der Waals surface area contributed by atoms with Gasteiger partial charge in [-0.1, -0.05) is 71.8 Å². The van der Waals surface area contributed by atoms with Crippen LogP contribution in [0.15, 0.2) is 146 Å². The topological polar surface area (TPSA) is 35.6 Å². The lowest BCUT2D eigenvalue weighted by atomic mass is 9.84. The summed E-state index contributed by atoms with van der Waals surface area (Å²) in [4.78, 5) is 9.23. The Morgan fingerprint density at radius 3 is 1.27 bits per heavy atom. The highest BCUT2D eigenvalue weighted by atomic mass is 15.0. The lowest BCUT2D eigenvalue weighted by Crippen LogP contribution is -2.05. The molecule has 1 aliphatic rings. The monoisotopic (exact) mass is 720 g/mol. The van der Waals surface area contributed by atoms with Gasteiger partial charge in [0.1, 0.15) is 0 Å². The molecule has 0 saturated heterocycles. The van der Waals surface area contributed by atoms with Crippen LogP contribution in [-0.4, -0.2) is 19.1 Å². The van der Waals surface area contributed by atoms with Gasteiger partial charge in [0.2, 0.25) is 0 Å². The predicted octanol–water partition coefficient (Wildman–Crippen LogP) is 13.0. The second-order valence-electron chi connectivity index (χ2n) is 15.8. The van der Waals surface area contributed by atoms with E-state index in [4.69, 9.17) is 0 Å². The lowest BCUT2D eigenvalue weighted by molar-refractivity contribution is 0.945. The maximum atomic E-state index is 4.61. The van der Waals surface area contributed by atoms with Crippen molar-refractivity contribution < 1.29 is 0 Å². The second kappa shape index (κ2) is 12.4.